The third-order valence-electron chi connectivity index (χ3n) is 4.17. The quantitative estimate of drug-likeness (QED) is 0.763. The van der Waals surface area contributed by atoms with Gasteiger partial charge in [-0.1, -0.05) is 6.07 Å². The number of anilines is 1. The van der Waals surface area contributed by atoms with E-state index in [-0.39, 0.29) is 22.3 Å². The number of ether oxygens (including phenoxy) is 2. The predicted molar refractivity (Wildman–Crippen MR) is 98.4 cm³/mol. The molecule has 27 heavy (non-hydrogen) atoms. The van der Waals surface area contributed by atoms with Crippen LogP contribution in [0.3, 0.4) is 0 Å². The van der Waals surface area contributed by atoms with E-state index in [1.807, 2.05) is 0 Å². The third-order valence-corrected chi connectivity index (χ3v) is 5.28. The summed E-state index contributed by atoms with van der Waals surface area (Å²) in [6.07, 6.45) is 3.01. The molecule has 2 aromatic carbocycles. The van der Waals surface area contributed by atoms with E-state index in [0.29, 0.717) is 12.4 Å². The van der Waals surface area contributed by atoms with E-state index in [9.17, 15) is 17.6 Å². The van der Waals surface area contributed by atoms with E-state index in [2.05, 4.69) is 5.32 Å². The first-order valence-corrected chi connectivity index (χ1v) is 10.4. The molecule has 0 spiro atoms. The lowest BCUT2D eigenvalue weighted by Crippen LogP contribution is -2.17. The molecule has 144 valence electrons. The topological polar surface area (TPSA) is 81.7 Å². The Hall–Kier alpha value is -2.45. The second-order valence-corrected chi connectivity index (χ2v) is 8.36. The van der Waals surface area contributed by atoms with Gasteiger partial charge in [0.15, 0.2) is 9.84 Å². The summed E-state index contributed by atoms with van der Waals surface area (Å²) in [5.74, 6) is -0.785. The fourth-order valence-electron chi connectivity index (χ4n) is 2.72. The highest BCUT2D eigenvalue weighted by Crippen LogP contribution is 2.22. The first-order valence-electron chi connectivity index (χ1n) is 8.48. The van der Waals surface area contributed by atoms with Crippen molar-refractivity contribution in [2.75, 3.05) is 24.8 Å². The summed E-state index contributed by atoms with van der Waals surface area (Å²) in [7, 11) is -3.51. The van der Waals surface area contributed by atoms with Crippen LogP contribution in [0.1, 0.15) is 23.2 Å². The average molecular weight is 393 g/mol. The number of benzene rings is 2. The van der Waals surface area contributed by atoms with Crippen LogP contribution in [0.5, 0.6) is 5.75 Å². The molecule has 1 aliphatic rings. The number of hydrogen-bond donors (Lipinski definition) is 1. The van der Waals surface area contributed by atoms with Crippen molar-refractivity contribution in [1.82, 2.24) is 0 Å². The molecule has 1 aliphatic heterocycles. The van der Waals surface area contributed by atoms with Gasteiger partial charge >= 0.3 is 0 Å². The van der Waals surface area contributed by atoms with Gasteiger partial charge in [-0.2, -0.15) is 0 Å². The molecule has 1 N–H and O–H groups in total. The molecule has 6 nitrogen and oxygen atoms in total. The van der Waals surface area contributed by atoms with Crippen molar-refractivity contribution in [3.63, 3.8) is 0 Å². The van der Waals surface area contributed by atoms with E-state index in [1.54, 1.807) is 24.3 Å². The highest BCUT2D eigenvalue weighted by Gasteiger charge is 2.17. The van der Waals surface area contributed by atoms with Crippen LogP contribution in [0, 0.1) is 5.82 Å². The van der Waals surface area contributed by atoms with Gasteiger partial charge in [0.05, 0.1) is 16.7 Å². The van der Waals surface area contributed by atoms with Crippen LogP contribution in [0.15, 0.2) is 47.4 Å². The van der Waals surface area contributed by atoms with Crippen molar-refractivity contribution >= 4 is 21.4 Å². The molecule has 1 atom stereocenters. The molecule has 1 heterocycles. The smallest absolute Gasteiger partial charge is 0.255 e. The van der Waals surface area contributed by atoms with Gasteiger partial charge in [0, 0.05) is 18.4 Å². The second-order valence-electron chi connectivity index (χ2n) is 6.34. The van der Waals surface area contributed by atoms with Crippen LogP contribution in [-0.2, 0) is 14.6 Å². The van der Waals surface area contributed by atoms with Crippen LogP contribution in [0.4, 0.5) is 10.1 Å². The fourth-order valence-corrected chi connectivity index (χ4v) is 3.36. The minimum Gasteiger partial charge on any atom is -0.491 e. The van der Waals surface area contributed by atoms with Crippen molar-refractivity contribution in [3.05, 3.63) is 53.8 Å². The molecule has 8 heteroatoms. The number of rotatable bonds is 6. The normalized spacial score (nSPS) is 16.9. The SMILES string of the molecule is CS(=O)(=O)c1ccc(F)c(NC(=O)c2cccc(OCC3CCCO3)c2)c1. The first kappa shape index (κ1) is 19.3. The Morgan fingerprint density at radius 2 is 2.11 bits per heavy atom. The van der Waals surface area contributed by atoms with E-state index in [1.165, 1.54) is 0 Å². The van der Waals surface area contributed by atoms with E-state index in [0.717, 1.165) is 43.9 Å². The number of sulfone groups is 1. The lowest BCUT2D eigenvalue weighted by Gasteiger charge is -2.12. The number of carbonyl (C=O) groups excluding carboxylic acids is 1. The van der Waals surface area contributed by atoms with Crippen LogP contribution < -0.4 is 10.1 Å². The molecule has 3 rings (SSSR count). The lowest BCUT2D eigenvalue weighted by molar-refractivity contribution is 0.0679. The molecule has 0 radical (unpaired) electrons. The lowest BCUT2D eigenvalue weighted by atomic mass is 10.2. The summed E-state index contributed by atoms with van der Waals surface area (Å²) in [6.45, 7) is 1.13. The molecular weight excluding hydrogens is 373 g/mol. The average Bonchev–Trinajstić information content (AvgIpc) is 3.14. The summed E-state index contributed by atoms with van der Waals surface area (Å²) in [6, 6.07) is 9.74. The van der Waals surface area contributed by atoms with Gasteiger partial charge in [-0.05, 0) is 49.2 Å². The van der Waals surface area contributed by atoms with Crippen molar-refractivity contribution in [2.24, 2.45) is 0 Å². The zero-order valence-electron chi connectivity index (χ0n) is 14.8. The Morgan fingerprint density at radius 1 is 1.30 bits per heavy atom. The van der Waals surface area contributed by atoms with Gasteiger partial charge in [-0.15, -0.1) is 0 Å². The Kier molecular flexibility index (Phi) is 5.76. The van der Waals surface area contributed by atoms with E-state index >= 15 is 0 Å². The monoisotopic (exact) mass is 393 g/mol. The third kappa shape index (κ3) is 5.05. The number of amides is 1. The highest BCUT2D eigenvalue weighted by atomic mass is 32.2. The maximum atomic E-state index is 14.0. The molecule has 1 saturated heterocycles. The largest absolute Gasteiger partial charge is 0.491 e. The van der Waals surface area contributed by atoms with Crippen LogP contribution in [-0.4, -0.2) is 39.9 Å². The number of carbonyl (C=O) groups is 1. The van der Waals surface area contributed by atoms with E-state index in [4.69, 9.17) is 9.47 Å². The highest BCUT2D eigenvalue weighted by molar-refractivity contribution is 7.90. The Balaban J connectivity index is 1.71. The summed E-state index contributed by atoms with van der Waals surface area (Å²) < 4.78 is 48.3. The van der Waals surface area contributed by atoms with Gasteiger partial charge in [0.2, 0.25) is 0 Å². The molecule has 1 fully saturated rings. The Labute approximate surface area is 157 Å². The number of halogens is 1. The van der Waals surface area contributed by atoms with Crippen LogP contribution in [0.25, 0.3) is 0 Å². The molecule has 0 saturated carbocycles. The minimum absolute atomic E-state index is 0.0512. The van der Waals surface area contributed by atoms with Gasteiger partial charge in [0.1, 0.15) is 18.2 Å². The molecule has 0 aromatic heterocycles. The Bertz CT molecular complexity index is 939. The fraction of sp³-hybridized carbons (Fsp3) is 0.316. The summed E-state index contributed by atoms with van der Waals surface area (Å²) >= 11 is 0. The summed E-state index contributed by atoms with van der Waals surface area (Å²) in [5, 5.41) is 2.40. The standard InChI is InChI=1S/C19H20FNO5S/c1-27(23,24)16-7-8-17(20)18(11-16)21-19(22)13-4-2-5-14(10-13)26-12-15-6-3-9-25-15/h2,4-5,7-8,10-11,15H,3,6,9,12H2,1H3,(H,21,22). The molecular formula is C19H20FNO5S. The summed E-state index contributed by atoms with van der Waals surface area (Å²) in [5.41, 5.74) is 0.0672. The molecule has 0 bridgehead atoms. The minimum atomic E-state index is -3.51. The van der Waals surface area contributed by atoms with Crippen molar-refractivity contribution < 1.29 is 27.1 Å². The van der Waals surface area contributed by atoms with Gasteiger partial charge in [-0.25, -0.2) is 12.8 Å². The predicted octanol–water partition coefficient (Wildman–Crippen LogP) is 3.04. The van der Waals surface area contributed by atoms with Crippen molar-refractivity contribution in [2.45, 2.75) is 23.8 Å². The first-order chi connectivity index (χ1) is 12.8. The molecule has 1 unspecified atom stereocenters. The Morgan fingerprint density at radius 3 is 2.81 bits per heavy atom. The molecule has 0 aliphatic carbocycles. The van der Waals surface area contributed by atoms with Gasteiger partial charge in [-0.3, -0.25) is 4.79 Å². The molecule has 1 amide bonds. The molecule has 2 aromatic rings. The zero-order chi connectivity index (χ0) is 19.4. The van der Waals surface area contributed by atoms with Gasteiger partial charge in [0.25, 0.3) is 5.91 Å². The summed E-state index contributed by atoms with van der Waals surface area (Å²) in [4.78, 5) is 12.4. The van der Waals surface area contributed by atoms with Crippen molar-refractivity contribution in [3.8, 4) is 5.75 Å². The van der Waals surface area contributed by atoms with Crippen LogP contribution >= 0.6 is 0 Å². The number of nitrogens with one attached hydrogen (secondary N) is 1. The second kappa shape index (κ2) is 8.06. The van der Waals surface area contributed by atoms with Crippen LogP contribution in [0.2, 0.25) is 0 Å². The van der Waals surface area contributed by atoms with Gasteiger partial charge < -0.3 is 14.8 Å². The van der Waals surface area contributed by atoms with Crippen molar-refractivity contribution in [1.29, 1.82) is 0 Å². The maximum Gasteiger partial charge on any atom is 0.255 e. The van der Waals surface area contributed by atoms with E-state index < -0.39 is 21.6 Å². The number of hydrogen-bond acceptors (Lipinski definition) is 5. The zero-order valence-corrected chi connectivity index (χ0v) is 15.6. The maximum absolute atomic E-state index is 14.0.